The quantitative estimate of drug-likeness (QED) is 0.658. The number of hydrogen-bond acceptors (Lipinski definition) is 1. The molecule has 2 aromatic carbocycles. The van der Waals surface area contributed by atoms with Crippen molar-refractivity contribution in [1.82, 2.24) is 0 Å². The minimum Gasteiger partial charge on any atom is -0.258 e. The predicted molar refractivity (Wildman–Crippen MR) is 77.9 cm³/mol. The molecule has 1 heterocycles. The highest BCUT2D eigenvalue weighted by Gasteiger charge is 2.20. The number of hydrogen-bond donors (Lipinski definition) is 0. The first kappa shape index (κ1) is 12.4. The van der Waals surface area contributed by atoms with Crippen LogP contribution in [0.25, 0.3) is 0 Å². The summed E-state index contributed by atoms with van der Waals surface area (Å²) in [6, 6.07) is 26.4. The van der Waals surface area contributed by atoms with Crippen molar-refractivity contribution in [2.24, 2.45) is 0 Å². The van der Waals surface area contributed by atoms with Crippen LogP contribution in [0.15, 0.2) is 91.3 Å². The molecule has 0 N–H and O–H groups in total. The van der Waals surface area contributed by atoms with Gasteiger partial charge in [-0.2, -0.15) is 0 Å². The molecule has 0 spiro atoms. The third-order valence-corrected chi connectivity index (χ3v) is 3.12. The summed E-state index contributed by atoms with van der Waals surface area (Å²) < 4.78 is 1.74. The van der Waals surface area contributed by atoms with Crippen molar-refractivity contribution < 1.29 is 9.57 Å². The third kappa shape index (κ3) is 2.86. The van der Waals surface area contributed by atoms with Gasteiger partial charge < -0.3 is 0 Å². The van der Waals surface area contributed by atoms with Gasteiger partial charge in [-0.3, -0.25) is 4.84 Å². The normalized spacial score (nSPS) is 10.4. The van der Waals surface area contributed by atoms with Crippen molar-refractivity contribution in [3.05, 3.63) is 102 Å². The van der Waals surface area contributed by atoms with E-state index in [0.29, 0.717) is 0 Å². The largest absolute Gasteiger partial charge is 0.258 e. The Hall–Kier alpha value is -2.61. The van der Waals surface area contributed by atoms with E-state index in [1.165, 1.54) is 0 Å². The van der Waals surface area contributed by atoms with Gasteiger partial charge in [0.05, 0.1) is 0 Å². The van der Waals surface area contributed by atoms with Gasteiger partial charge in [0, 0.05) is 28.0 Å². The van der Waals surface area contributed by atoms with E-state index in [9.17, 15) is 0 Å². The van der Waals surface area contributed by atoms with E-state index in [4.69, 9.17) is 4.84 Å². The van der Waals surface area contributed by atoms with Gasteiger partial charge in [-0.05, 0) is 0 Å². The first-order chi connectivity index (χ1) is 9.93. The van der Waals surface area contributed by atoms with Crippen molar-refractivity contribution in [1.29, 1.82) is 0 Å². The third-order valence-electron chi connectivity index (χ3n) is 3.12. The van der Waals surface area contributed by atoms with Gasteiger partial charge in [0.2, 0.25) is 18.5 Å². The van der Waals surface area contributed by atoms with Gasteiger partial charge in [0.25, 0.3) is 0 Å². The minimum atomic E-state index is -0.121. The highest BCUT2D eigenvalue weighted by Crippen LogP contribution is 2.22. The maximum atomic E-state index is 6.10. The second kappa shape index (κ2) is 6.02. The summed E-state index contributed by atoms with van der Waals surface area (Å²) in [6.45, 7) is 0. The Kier molecular flexibility index (Phi) is 3.74. The van der Waals surface area contributed by atoms with Crippen LogP contribution in [0, 0.1) is 0 Å². The molecular formula is C18H16NO+. The fraction of sp³-hybridized carbons (Fsp3) is 0.0556. The Morgan fingerprint density at radius 1 is 0.600 bits per heavy atom. The molecule has 0 fully saturated rings. The van der Waals surface area contributed by atoms with Crippen LogP contribution < -0.4 is 9.57 Å². The molecule has 0 bridgehead atoms. The van der Waals surface area contributed by atoms with Crippen LogP contribution >= 0.6 is 0 Å². The summed E-state index contributed by atoms with van der Waals surface area (Å²) in [6.07, 6.45) is 3.68. The summed E-state index contributed by atoms with van der Waals surface area (Å²) >= 11 is 0. The highest BCUT2D eigenvalue weighted by atomic mass is 16.7. The van der Waals surface area contributed by atoms with E-state index in [-0.39, 0.29) is 6.10 Å². The minimum absolute atomic E-state index is 0.121. The predicted octanol–water partition coefficient (Wildman–Crippen LogP) is 3.19. The van der Waals surface area contributed by atoms with E-state index < -0.39 is 0 Å². The molecule has 1 aromatic heterocycles. The molecule has 2 heteroatoms. The number of benzene rings is 2. The summed E-state index contributed by atoms with van der Waals surface area (Å²) in [7, 11) is 0. The Bertz CT molecular complexity index is 599. The lowest BCUT2D eigenvalue weighted by molar-refractivity contribution is -0.899. The zero-order chi connectivity index (χ0) is 13.6. The van der Waals surface area contributed by atoms with Crippen LogP contribution in [0.3, 0.4) is 0 Å². The van der Waals surface area contributed by atoms with E-state index in [2.05, 4.69) is 24.3 Å². The fourth-order valence-electron chi connectivity index (χ4n) is 2.14. The standard InChI is InChI=1S/C18H16NO/c1-4-10-16(11-5-1)18(17-12-6-2-7-13-17)20-19-14-8-3-9-15-19/h1-15,18H/q+1. The molecule has 0 aliphatic carbocycles. The lowest BCUT2D eigenvalue weighted by atomic mass is 10.0. The topological polar surface area (TPSA) is 13.1 Å². The molecule has 98 valence electrons. The molecule has 0 saturated heterocycles. The molecule has 0 aliphatic heterocycles. The molecule has 20 heavy (non-hydrogen) atoms. The first-order valence-electron chi connectivity index (χ1n) is 6.67. The van der Waals surface area contributed by atoms with Crippen molar-refractivity contribution in [3.8, 4) is 0 Å². The lowest BCUT2D eigenvalue weighted by Gasteiger charge is -2.14. The Morgan fingerprint density at radius 3 is 1.55 bits per heavy atom. The molecule has 0 amide bonds. The highest BCUT2D eigenvalue weighted by molar-refractivity contribution is 5.29. The molecular weight excluding hydrogens is 246 g/mol. The lowest BCUT2D eigenvalue weighted by Crippen LogP contribution is -2.43. The van der Waals surface area contributed by atoms with Gasteiger partial charge in [-0.15, -0.1) is 0 Å². The number of pyridine rings is 1. The van der Waals surface area contributed by atoms with Crippen molar-refractivity contribution in [2.75, 3.05) is 0 Å². The summed E-state index contributed by atoms with van der Waals surface area (Å²) in [5.41, 5.74) is 2.27. The molecule has 0 aliphatic rings. The molecule has 3 aromatic rings. The smallest absolute Gasteiger partial charge is 0.222 e. The van der Waals surface area contributed by atoms with Crippen molar-refractivity contribution >= 4 is 0 Å². The average molecular weight is 262 g/mol. The van der Waals surface area contributed by atoms with E-state index >= 15 is 0 Å². The fourth-order valence-corrected chi connectivity index (χ4v) is 2.14. The summed E-state index contributed by atoms with van der Waals surface area (Å²) in [5, 5.41) is 0. The van der Waals surface area contributed by atoms with Crippen LogP contribution in [-0.4, -0.2) is 0 Å². The molecule has 2 nitrogen and oxygen atoms in total. The zero-order valence-corrected chi connectivity index (χ0v) is 11.1. The van der Waals surface area contributed by atoms with Crippen molar-refractivity contribution in [3.63, 3.8) is 0 Å². The summed E-state index contributed by atoms with van der Waals surface area (Å²) in [4.78, 5) is 6.10. The van der Waals surface area contributed by atoms with Gasteiger partial charge >= 0.3 is 0 Å². The average Bonchev–Trinajstić information content (AvgIpc) is 2.55. The molecule has 3 rings (SSSR count). The maximum Gasteiger partial charge on any atom is 0.222 e. The number of nitrogens with zero attached hydrogens (tertiary/aromatic N) is 1. The van der Waals surface area contributed by atoms with Gasteiger partial charge in [-0.1, -0.05) is 66.7 Å². The zero-order valence-electron chi connectivity index (χ0n) is 11.1. The van der Waals surface area contributed by atoms with Crippen LogP contribution in [0.4, 0.5) is 0 Å². The van der Waals surface area contributed by atoms with Crippen LogP contribution in [0.5, 0.6) is 0 Å². The number of rotatable bonds is 4. The maximum absolute atomic E-state index is 6.10. The van der Waals surface area contributed by atoms with Crippen molar-refractivity contribution in [2.45, 2.75) is 6.10 Å². The second-order valence-electron chi connectivity index (χ2n) is 4.54. The SMILES string of the molecule is c1ccc(C(O[n+]2ccccc2)c2ccccc2)cc1. The Balaban J connectivity index is 1.96. The Morgan fingerprint density at radius 2 is 1.05 bits per heavy atom. The monoisotopic (exact) mass is 262 g/mol. The van der Waals surface area contributed by atoms with E-state index in [0.717, 1.165) is 11.1 Å². The second-order valence-corrected chi connectivity index (χ2v) is 4.54. The van der Waals surface area contributed by atoms with Gasteiger partial charge in [0.1, 0.15) is 0 Å². The summed E-state index contributed by atoms with van der Waals surface area (Å²) in [5.74, 6) is 0. The Labute approximate surface area is 118 Å². The van der Waals surface area contributed by atoms with E-state index in [1.807, 2.05) is 67.0 Å². The number of aromatic nitrogens is 1. The molecule has 0 unspecified atom stereocenters. The van der Waals surface area contributed by atoms with Crippen LogP contribution in [0.1, 0.15) is 17.2 Å². The molecule has 0 atom stereocenters. The first-order valence-corrected chi connectivity index (χ1v) is 6.67. The molecule has 0 radical (unpaired) electrons. The van der Waals surface area contributed by atoms with E-state index in [1.54, 1.807) is 4.73 Å². The van der Waals surface area contributed by atoms with Crippen LogP contribution in [0.2, 0.25) is 0 Å². The molecule has 0 saturated carbocycles. The van der Waals surface area contributed by atoms with Gasteiger partial charge in [0.15, 0.2) is 0 Å². The van der Waals surface area contributed by atoms with Gasteiger partial charge in [-0.25, -0.2) is 0 Å². The van der Waals surface area contributed by atoms with Crippen LogP contribution in [-0.2, 0) is 0 Å².